The monoisotopic (exact) mass is 355 g/mol. The summed E-state index contributed by atoms with van der Waals surface area (Å²) in [5, 5.41) is 3.28. The van der Waals surface area contributed by atoms with Crippen molar-refractivity contribution in [1.82, 2.24) is 5.32 Å². The Morgan fingerprint density at radius 3 is 2.40 bits per heavy atom. The molecule has 1 aromatic heterocycles. The molecule has 1 aromatic carbocycles. The fourth-order valence-electron chi connectivity index (χ4n) is 2.13. The van der Waals surface area contributed by atoms with E-state index in [0.29, 0.717) is 0 Å². The van der Waals surface area contributed by atoms with Gasteiger partial charge in [0.25, 0.3) is 0 Å². The molecule has 0 amide bonds. The van der Waals surface area contributed by atoms with Crippen LogP contribution < -0.4 is 5.32 Å². The van der Waals surface area contributed by atoms with E-state index < -0.39 is 0 Å². The van der Waals surface area contributed by atoms with E-state index in [9.17, 15) is 4.39 Å². The minimum absolute atomic E-state index is 0.0168. The molecule has 0 spiro atoms. The minimum atomic E-state index is -0.220. The molecule has 1 unspecified atom stereocenters. The first-order valence-corrected chi connectivity index (χ1v) is 8.15. The SMILES string of the molecule is CNC(c1cc(F)cc(Br)c1)c1ccc(C(C)(C)C)s1. The summed E-state index contributed by atoms with van der Waals surface area (Å²) in [7, 11) is 1.90. The molecule has 0 bridgehead atoms. The first kappa shape index (κ1) is 15.7. The van der Waals surface area contributed by atoms with Gasteiger partial charge in [-0.3, -0.25) is 0 Å². The molecule has 0 radical (unpaired) electrons. The van der Waals surface area contributed by atoms with Crippen LogP contribution in [-0.4, -0.2) is 7.05 Å². The fourth-order valence-corrected chi connectivity index (χ4v) is 3.81. The van der Waals surface area contributed by atoms with Crippen LogP contribution in [0, 0.1) is 5.82 Å². The lowest BCUT2D eigenvalue weighted by Crippen LogP contribution is -2.16. The highest BCUT2D eigenvalue weighted by Crippen LogP contribution is 2.35. The number of hydrogen-bond donors (Lipinski definition) is 1. The summed E-state index contributed by atoms with van der Waals surface area (Å²) < 4.78 is 14.3. The Balaban J connectivity index is 2.39. The Kier molecular flexibility index (Phi) is 4.67. The molecule has 4 heteroatoms. The second-order valence-electron chi connectivity index (χ2n) is 5.88. The van der Waals surface area contributed by atoms with Crippen LogP contribution in [0.4, 0.5) is 4.39 Å². The highest BCUT2D eigenvalue weighted by atomic mass is 79.9. The second-order valence-corrected chi connectivity index (χ2v) is 7.91. The molecule has 2 rings (SSSR count). The van der Waals surface area contributed by atoms with Gasteiger partial charge in [0.15, 0.2) is 0 Å². The Labute approximate surface area is 132 Å². The third-order valence-corrected chi connectivity index (χ3v) is 5.19. The minimum Gasteiger partial charge on any atom is -0.309 e. The highest BCUT2D eigenvalue weighted by Gasteiger charge is 2.20. The van der Waals surface area contributed by atoms with Crippen LogP contribution in [0.1, 0.15) is 42.1 Å². The van der Waals surface area contributed by atoms with Gasteiger partial charge in [-0.05, 0) is 48.4 Å². The van der Waals surface area contributed by atoms with E-state index in [2.05, 4.69) is 54.2 Å². The summed E-state index contributed by atoms with van der Waals surface area (Å²) in [5.41, 5.74) is 1.07. The predicted octanol–water partition coefficient (Wildman–Crippen LogP) is 5.26. The maximum absolute atomic E-state index is 13.6. The quantitative estimate of drug-likeness (QED) is 0.791. The molecule has 1 nitrogen and oxygen atoms in total. The second kappa shape index (κ2) is 5.96. The molecule has 0 saturated carbocycles. The van der Waals surface area contributed by atoms with Crippen molar-refractivity contribution in [2.24, 2.45) is 0 Å². The molecular formula is C16H19BrFNS. The Bertz CT molecular complexity index is 581. The molecule has 1 atom stereocenters. The molecule has 108 valence electrons. The number of rotatable bonds is 3. The molecule has 0 fully saturated rings. The van der Waals surface area contributed by atoms with E-state index in [0.717, 1.165) is 10.0 Å². The zero-order valence-corrected chi connectivity index (χ0v) is 14.5. The van der Waals surface area contributed by atoms with Crippen LogP contribution in [0.3, 0.4) is 0 Å². The molecule has 0 aliphatic rings. The van der Waals surface area contributed by atoms with E-state index in [1.807, 2.05) is 13.1 Å². The third-order valence-electron chi connectivity index (χ3n) is 3.16. The van der Waals surface area contributed by atoms with Gasteiger partial charge in [0.1, 0.15) is 5.82 Å². The summed E-state index contributed by atoms with van der Waals surface area (Å²) in [6.07, 6.45) is 0. The Morgan fingerprint density at radius 1 is 1.20 bits per heavy atom. The molecule has 0 saturated heterocycles. The van der Waals surface area contributed by atoms with E-state index >= 15 is 0 Å². The van der Waals surface area contributed by atoms with Crippen LogP contribution in [0.15, 0.2) is 34.8 Å². The predicted molar refractivity (Wildman–Crippen MR) is 88.0 cm³/mol. The van der Waals surface area contributed by atoms with Gasteiger partial charge >= 0.3 is 0 Å². The van der Waals surface area contributed by atoms with E-state index in [1.165, 1.54) is 15.8 Å². The summed E-state index contributed by atoms with van der Waals surface area (Å²) in [6.45, 7) is 6.61. The standard InChI is InChI=1S/C16H19BrFNS/c1-16(2,3)14-6-5-13(20-14)15(19-4)10-7-11(17)9-12(18)8-10/h5-9,15,19H,1-4H3. The average molecular weight is 356 g/mol. The normalized spacial score (nSPS) is 13.5. The molecular weight excluding hydrogens is 337 g/mol. The van der Waals surface area contributed by atoms with Crippen molar-refractivity contribution in [3.63, 3.8) is 0 Å². The number of thiophene rings is 1. The number of halogens is 2. The topological polar surface area (TPSA) is 12.0 Å². The molecule has 2 aromatic rings. The first-order chi connectivity index (χ1) is 9.31. The Hall–Kier alpha value is -0.710. The van der Waals surface area contributed by atoms with Crippen molar-refractivity contribution in [2.75, 3.05) is 7.05 Å². The number of nitrogens with one attached hydrogen (secondary N) is 1. The van der Waals surface area contributed by atoms with Crippen molar-refractivity contribution < 1.29 is 4.39 Å². The van der Waals surface area contributed by atoms with Crippen molar-refractivity contribution in [2.45, 2.75) is 32.2 Å². The zero-order chi connectivity index (χ0) is 14.9. The lowest BCUT2D eigenvalue weighted by atomic mass is 9.95. The zero-order valence-electron chi connectivity index (χ0n) is 12.1. The van der Waals surface area contributed by atoms with Crippen molar-refractivity contribution in [3.8, 4) is 0 Å². The smallest absolute Gasteiger partial charge is 0.124 e. The molecule has 0 aliphatic carbocycles. The summed E-state index contributed by atoms with van der Waals surface area (Å²) in [4.78, 5) is 2.54. The van der Waals surface area contributed by atoms with Crippen LogP contribution in [-0.2, 0) is 5.41 Å². The summed E-state index contributed by atoms with van der Waals surface area (Å²) >= 11 is 5.13. The van der Waals surface area contributed by atoms with Gasteiger partial charge < -0.3 is 5.32 Å². The molecule has 0 aliphatic heterocycles. The lowest BCUT2D eigenvalue weighted by molar-refractivity contribution is 0.604. The lowest BCUT2D eigenvalue weighted by Gasteiger charge is -2.18. The number of benzene rings is 1. The third kappa shape index (κ3) is 3.48. The van der Waals surface area contributed by atoms with Gasteiger partial charge in [0.2, 0.25) is 0 Å². The largest absolute Gasteiger partial charge is 0.309 e. The van der Waals surface area contributed by atoms with E-state index in [4.69, 9.17) is 0 Å². The van der Waals surface area contributed by atoms with Crippen LogP contribution in [0.5, 0.6) is 0 Å². The van der Waals surface area contributed by atoms with Gasteiger partial charge in [-0.15, -0.1) is 11.3 Å². The average Bonchev–Trinajstić information content (AvgIpc) is 2.77. The van der Waals surface area contributed by atoms with Crippen molar-refractivity contribution >= 4 is 27.3 Å². The van der Waals surface area contributed by atoms with Gasteiger partial charge in [-0.2, -0.15) is 0 Å². The summed E-state index contributed by atoms with van der Waals surface area (Å²) in [5.74, 6) is -0.220. The van der Waals surface area contributed by atoms with Crippen LogP contribution in [0.2, 0.25) is 0 Å². The van der Waals surface area contributed by atoms with Gasteiger partial charge in [-0.25, -0.2) is 4.39 Å². The highest BCUT2D eigenvalue weighted by molar-refractivity contribution is 9.10. The van der Waals surface area contributed by atoms with Crippen molar-refractivity contribution in [1.29, 1.82) is 0 Å². The van der Waals surface area contributed by atoms with Crippen LogP contribution >= 0.6 is 27.3 Å². The molecule has 1 heterocycles. The van der Waals surface area contributed by atoms with Gasteiger partial charge in [-0.1, -0.05) is 36.7 Å². The van der Waals surface area contributed by atoms with Gasteiger partial charge in [0.05, 0.1) is 6.04 Å². The van der Waals surface area contributed by atoms with Crippen molar-refractivity contribution in [3.05, 3.63) is 55.9 Å². The van der Waals surface area contributed by atoms with Gasteiger partial charge in [0, 0.05) is 14.2 Å². The maximum Gasteiger partial charge on any atom is 0.124 e. The fraction of sp³-hybridized carbons (Fsp3) is 0.375. The van der Waals surface area contributed by atoms with E-state index in [1.54, 1.807) is 17.4 Å². The molecule has 1 N–H and O–H groups in total. The van der Waals surface area contributed by atoms with E-state index in [-0.39, 0.29) is 17.3 Å². The summed E-state index contributed by atoms with van der Waals surface area (Å²) in [6, 6.07) is 9.33. The number of hydrogen-bond acceptors (Lipinski definition) is 2. The van der Waals surface area contributed by atoms with Crippen LogP contribution in [0.25, 0.3) is 0 Å². The Morgan fingerprint density at radius 2 is 1.90 bits per heavy atom. The molecule has 20 heavy (non-hydrogen) atoms. The maximum atomic E-state index is 13.6. The first-order valence-electron chi connectivity index (χ1n) is 6.54.